The van der Waals surface area contributed by atoms with E-state index >= 15 is 0 Å². The van der Waals surface area contributed by atoms with E-state index in [0.29, 0.717) is 17.3 Å². The van der Waals surface area contributed by atoms with Crippen LogP contribution in [0.4, 0.5) is 0 Å². The van der Waals surface area contributed by atoms with E-state index in [0.717, 1.165) is 12.8 Å². The van der Waals surface area contributed by atoms with E-state index in [2.05, 4.69) is 13.8 Å². The fourth-order valence-electron chi connectivity index (χ4n) is 2.41. The van der Waals surface area contributed by atoms with Crippen LogP contribution in [-0.2, 0) is 0 Å². The minimum atomic E-state index is -0.196. The molecule has 1 aliphatic rings. The second kappa shape index (κ2) is 3.35. The summed E-state index contributed by atoms with van der Waals surface area (Å²) in [5.41, 5.74) is 0.347. The molecular formula is C10H20O2. The van der Waals surface area contributed by atoms with E-state index in [4.69, 9.17) is 5.11 Å². The number of rotatable bonds is 4. The Labute approximate surface area is 74.6 Å². The van der Waals surface area contributed by atoms with Crippen molar-refractivity contribution in [1.29, 1.82) is 0 Å². The van der Waals surface area contributed by atoms with Gasteiger partial charge in [-0.1, -0.05) is 13.8 Å². The van der Waals surface area contributed by atoms with Crippen LogP contribution in [0.15, 0.2) is 0 Å². The molecule has 12 heavy (non-hydrogen) atoms. The molecule has 0 aromatic carbocycles. The van der Waals surface area contributed by atoms with E-state index in [-0.39, 0.29) is 12.7 Å². The van der Waals surface area contributed by atoms with Crippen LogP contribution < -0.4 is 0 Å². The maximum absolute atomic E-state index is 9.22. The molecule has 0 saturated heterocycles. The molecule has 1 rings (SSSR count). The predicted octanol–water partition coefficient (Wildman–Crippen LogP) is 1.41. The molecule has 0 radical (unpaired) electrons. The predicted molar refractivity (Wildman–Crippen MR) is 48.8 cm³/mol. The third kappa shape index (κ3) is 1.80. The summed E-state index contributed by atoms with van der Waals surface area (Å²) in [4.78, 5) is 0. The summed E-state index contributed by atoms with van der Waals surface area (Å²) in [5.74, 6) is 1.24. The van der Waals surface area contributed by atoms with Crippen molar-refractivity contribution in [3.05, 3.63) is 0 Å². The minimum Gasteiger partial charge on any atom is -0.396 e. The van der Waals surface area contributed by atoms with Crippen LogP contribution >= 0.6 is 0 Å². The summed E-state index contributed by atoms with van der Waals surface area (Å²) >= 11 is 0. The Hall–Kier alpha value is -0.0800. The first kappa shape index (κ1) is 10.0. The van der Waals surface area contributed by atoms with Crippen molar-refractivity contribution in [3.8, 4) is 0 Å². The largest absolute Gasteiger partial charge is 0.396 e. The molecule has 3 atom stereocenters. The smallest absolute Gasteiger partial charge is 0.0515 e. The zero-order chi connectivity index (χ0) is 9.35. The van der Waals surface area contributed by atoms with Crippen LogP contribution in [0.1, 0.15) is 33.6 Å². The molecule has 0 aromatic rings. The zero-order valence-electron chi connectivity index (χ0n) is 8.25. The highest BCUT2D eigenvalue weighted by atomic mass is 16.3. The molecule has 0 unspecified atom stereocenters. The van der Waals surface area contributed by atoms with Crippen molar-refractivity contribution >= 4 is 0 Å². The van der Waals surface area contributed by atoms with E-state index in [1.165, 1.54) is 0 Å². The molecule has 2 nitrogen and oxygen atoms in total. The number of aliphatic hydroxyl groups excluding tert-OH is 2. The van der Waals surface area contributed by atoms with E-state index in [9.17, 15) is 5.11 Å². The molecule has 0 aromatic heterocycles. The summed E-state index contributed by atoms with van der Waals surface area (Å²) in [6.45, 7) is 6.57. The first-order valence-electron chi connectivity index (χ1n) is 4.79. The Kier molecular flexibility index (Phi) is 2.79. The lowest BCUT2D eigenvalue weighted by molar-refractivity contribution is 0.169. The first-order valence-corrected chi connectivity index (χ1v) is 4.79. The third-order valence-corrected chi connectivity index (χ3v) is 3.32. The van der Waals surface area contributed by atoms with Crippen LogP contribution in [0.3, 0.4) is 0 Å². The van der Waals surface area contributed by atoms with Gasteiger partial charge in [0.2, 0.25) is 0 Å². The van der Waals surface area contributed by atoms with Gasteiger partial charge < -0.3 is 10.2 Å². The molecule has 0 bridgehead atoms. The van der Waals surface area contributed by atoms with E-state index < -0.39 is 0 Å². The van der Waals surface area contributed by atoms with E-state index in [1.54, 1.807) is 0 Å². The number of hydrogen-bond acceptors (Lipinski definition) is 2. The van der Waals surface area contributed by atoms with E-state index in [1.807, 2.05) is 6.92 Å². The highest BCUT2D eigenvalue weighted by Crippen LogP contribution is 2.61. The van der Waals surface area contributed by atoms with Crippen molar-refractivity contribution in [2.45, 2.75) is 39.7 Å². The standard InChI is InChI=1S/C10H20O2/c1-7(12)6-9-8(4-5-11)10(9,2)3/h7-9,11-12H,4-6H2,1-3H3/t7-,8+,9-/m0/s1. The highest BCUT2D eigenvalue weighted by Gasteiger charge is 2.56. The Morgan fingerprint density at radius 2 is 1.92 bits per heavy atom. The molecule has 0 spiro atoms. The Morgan fingerprint density at radius 1 is 1.33 bits per heavy atom. The SMILES string of the molecule is C[C@H](O)C[C@H]1[C@@H](CCO)C1(C)C. The van der Waals surface area contributed by atoms with Crippen molar-refractivity contribution in [2.75, 3.05) is 6.61 Å². The average Bonchev–Trinajstić information content (AvgIpc) is 2.39. The quantitative estimate of drug-likeness (QED) is 0.673. The number of hydrogen-bond donors (Lipinski definition) is 2. The Bertz CT molecular complexity index is 152. The zero-order valence-corrected chi connectivity index (χ0v) is 8.25. The molecule has 0 heterocycles. The molecule has 2 N–H and O–H groups in total. The second-order valence-corrected chi connectivity index (χ2v) is 4.63. The summed E-state index contributed by atoms with van der Waals surface area (Å²) < 4.78 is 0. The van der Waals surface area contributed by atoms with Gasteiger partial charge >= 0.3 is 0 Å². The van der Waals surface area contributed by atoms with Crippen LogP contribution in [0.25, 0.3) is 0 Å². The summed E-state index contributed by atoms with van der Waals surface area (Å²) in [7, 11) is 0. The van der Waals surface area contributed by atoms with Gasteiger partial charge in [-0.05, 0) is 37.0 Å². The lowest BCUT2D eigenvalue weighted by atomic mass is 10.1. The highest BCUT2D eigenvalue weighted by molar-refractivity contribution is 5.04. The summed E-state index contributed by atoms with van der Waals surface area (Å²) in [5, 5.41) is 18.0. The van der Waals surface area contributed by atoms with Crippen LogP contribution in [0.2, 0.25) is 0 Å². The average molecular weight is 172 g/mol. The van der Waals surface area contributed by atoms with Crippen molar-refractivity contribution in [1.82, 2.24) is 0 Å². The fourth-order valence-corrected chi connectivity index (χ4v) is 2.41. The molecular weight excluding hydrogens is 152 g/mol. The van der Waals surface area contributed by atoms with Gasteiger partial charge in [0.15, 0.2) is 0 Å². The van der Waals surface area contributed by atoms with Gasteiger partial charge in [-0.25, -0.2) is 0 Å². The Balaban J connectivity index is 2.37. The van der Waals surface area contributed by atoms with Gasteiger partial charge in [-0.15, -0.1) is 0 Å². The molecule has 2 heteroatoms. The lowest BCUT2D eigenvalue weighted by Crippen LogP contribution is -2.03. The van der Waals surface area contributed by atoms with Gasteiger partial charge in [-0.2, -0.15) is 0 Å². The second-order valence-electron chi connectivity index (χ2n) is 4.63. The fraction of sp³-hybridized carbons (Fsp3) is 1.00. The molecule has 0 amide bonds. The van der Waals surface area contributed by atoms with Gasteiger partial charge in [0.1, 0.15) is 0 Å². The maximum Gasteiger partial charge on any atom is 0.0515 e. The monoisotopic (exact) mass is 172 g/mol. The lowest BCUT2D eigenvalue weighted by Gasteiger charge is -2.04. The molecule has 1 aliphatic carbocycles. The van der Waals surface area contributed by atoms with Gasteiger partial charge in [0.05, 0.1) is 6.10 Å². The third-order valence-electron chi connectivity index (χ3n) is 3.32. The molecule has 72 valence electrons. The van der Waals surface area contributed by atoms with Gasteiger partial charge in [-0.3, -0.25) is 0 Å². The topological polar surface area (TPSA) is 40.5 Å². The summed E-state index contributed by atoms with van der Waals surface area (Å²) in [6, 6.07) is 0. The normalized spacial score (nSPS) is 34.8. The van der Waals surface area contributed by atoms with Crippen molar-refractivity contribution < 1.29 is 10.2 Å². The first-order chi connectivity index (χ1) is 5.50. The summed E-state index contributed by atoms with van der Waals surface area (Å²) in [6.07, 6.45) is 1.58. The minimum absolute atomic E-state index is 0.196. The molecule has 1 fully saturated rings. The van der Waals surface area contributed by atoms with Crippen molar-refractivity contribution in [2.24, 2.45) is 17.3 Å². The van der Waals surface area contributed by atoms with Crippen LogP contribution in [0.5, 0.6) is 0 Å². The molecule has 1 saturated carbocycles. The maximum atomic E-state index is 9.22. The van der Waals surface area contributed by atoms with Gasteiger partial charge in [0.25, 0.3) is 0 Å². The van der Waals surface area contributed by atoms with Gasteiger partial charge in [0, 0.05) is 6.61 Å². The van der Waals surface area contributed by atoms with Crippen molar-refractivity contribution in [3.63, 3.8) is 0 Å². The van der Waals surface area contributed by atoms with Crippen LogP contribution in [-0.4, -0.2) is 22.9 Å². The Morgan fingerprint density at radius 3 is 2.33 bits per heavy atom. The van der Waals surface area contributed by atoms with Crippen LogP contribution in [0, 0.1) is 17.3 Å². The number of aliphatic hydroxyl groups is 2. The molecule has 0 aliphatic heterocycles.